The molecule has 0 fully saturated rings. The van der Waals surface area contributed by atoms with Crippen LogP contribution in [0.15, 0.2) is 18.2 Å². The summed E-state index contributed by atoms with van der Waals surface area (Å²) in [6, 6.07) is 2.47. The molecule has 4 nitrogen and oxygen atoms in total. The number of nitrogen functional groups attached to an aromatic ring is 1. The standard InChI is InChI=1S/C11H13F4N3O/c1-6(5-11(13,14)15)17-10(19)7-3-2-4-8(12)9(7)18-16/h2-4,6,18H,5,16H2,1H3,(H,17,19). The average molecular weight is 279 g/mol. The molecule has 0 aliphatic rings. The van der Waals surface area contributed by atoms with Crippen molar-refractivity contribution in [2.75, 3.05) is 5.43 Å². The molecule has 0 heterocycles. The Hall–Kier alpha value is -1.83. The van der Waals surface area contributed by atoms with E-state index in [2.05, 4.69) is 5.32 Å². The minimum Gasteiger partial charge on any atom is -0.349 e. The summed E-state index contributed by atoms with van der Waals surface area (Å²) in [4.78, 5) is 11.7. The van der Waals surface area contributed by atoms with Crippen LogP contribution in [0.4, 0.5) is 23.2 Å². The Kier molecular flexibility index (Phi) is 4.71. The van der Waals surface area contributed by atoms with Crippen LogP contribution in [0.25, 0.3) is 0 Å². The maximum atomic E-state index is 13.3. The van der Waals surface area contributed by atoms with Gasteiger partial charge in [-0.2, -0.15) is 13.2 Å². The van der Waals surface area contributed by atoms with E-state index in [1.807, 2.05) is 5.43 Å². The maximum Gasteiger partial charge on any atom is 0.391 e. The highest BCUT2D eigenvalue weighted by atomic mass is 19.4. The minimum atomic E-state index is -4.39. The number of alkyl halides is 3. The van der Waals surface area contributed by atoms with Crippen molar-refractivity contribution in [1.29, 1.82) is 0 Å². The number of nitrogens with two attached hydrogens (primary N) is 1. The third kappa shape index (κ3) is 4.40. The second-order valence-electron chi connectivity index (χ2n) is 4.00. The first kappa shape index (κ1) is 15.2. The maximum absolute atomic E-state index is 13.3. The van der Waals surface area contributed by atoms with Crippen LogP contribution >= 0.6 is 0 Å². The SMILES string of the molecule is CC(CC(F)(F)F)NC(=O)c1cccc(F)c1NN. The van der Waals surface area contributed by atoms with Gasteiger partial charge in [-0.05, 0) is 19.1 Å². The third-order valence-corrected chi connectivity index (χ3v) is 2.32. The topological polar surface area (TPSA) is 67.2 Å². The molecule has 1 aromatic carbocycles. The van der Waals surface area contributed by atoms with Crippen molar-refractivity contribution >= 4 is 11.6 Å². The third-order valence-electron chi connectivity index (χ3n) is 2.32. The number of benzene rings is 1. The molecule has 0 radical (unpaired) electrons. The predicted octanol–water partition coefficient (Wildman–Crippen LogP) is 2.18. The van der Waals surface area contributed by atoms with Gasteiger partial charge in [-0.25, -0.2) is 4.39 Å². The number of halogens is 4. The van der Waals surface area contributed by atoms with E-state index < -0.39 is 30.4 Å². The Morgan fingerprint density at radius 1 is 1.42 bits per heavy atom. The number of amides is 1. The number of hydrazine groups is 1. The Morgan fingerprint density at radius 2 is 2.05 bits per heavy atom. The van der Waals surface area contributed by atoms with E-state index in [0.29, 0.717) is 0 Å². The van der Waals surface area contributed by atoms with Gasteiger partial charge in [0.1, 0.15) is 5.82 Å². The van der Waals surface area contributed by atoms with Gasteiger partial charge in [-0.15, -0.1) is 0 Å². The van der Waals surface area contributed by atoms with E-state index in [0.717, 1.165) is 6.07 Å². The number of hydrogen-bond donors (Lipinski definition) is 3. The van der Waals surface area contributed by atoms with Crippen LogP contribution in [-0.4, -0.2) is 18.1 Å². The van der Waals surface area contributed by atoms with Gasteiger partial charge in [0.2, 0.25) is 0 Å². The number of hydrogen-bond acceptors (Lipinski definition) is 3. The Labute approximate surface area is 106 Å². The molecule has 0 bridgehead atoms. The van der Waals surface area contributed by atoms with Crippen LogP contribution in [0.1, 0.15) is 23.7 Å². The second kappa shape index (κ2) is 5.87. The number of carbonyl (C=O) groups is 1. The van der Waals surface area contributed by atoms with Gasteiger partial charge >= 0.3 is 6.18 Å². The Morgan fingerprint density at radius 3 is 2.58 bits per heavy atom. The summed E-state index contributed by atoms with van der Waals surface area (Å²) in [6.07, 6.45) is -5.55. The molecule has 1 atom stereocenters. The van der Waals surface area contributed by atoms with Gasteiger partial charge < -0.3 is 10.7 Å². The Balaban J connectivity index is 2.82. The van der Waals surface area contributed by atoms with Crippen molar-refractivity contribution in [1.82, 2.24) is 5.32 Å². The van der Waals surface area contributed by atoms with Gasteiger partial charge in [0.15, 0.2) is 0 Å². The molecule has 0 spiro atoms. The van der Waals surface area contributed by atoms with Crippen molar-refractivity contribution in [3.63, 3.8) is 0 Å². The largest absolute Gasteiger partial charge is 0.391 e. The van der Waals surface area contributed by atoms with Crippen LogP contribution in [0.2, 0.25) is 0 Å². The number of anilines is 1. The molecular formula is C11H13F4N3O. The summed E-state index contributed by atoms with van der Waals surface area (Å²) in [5.41, 5.74) is 1.59. The highest BCUT2D eigenvalue weighted by Crippen LogP contribution is 2.22. The molecule has 0 saturated carbocycles. The zero-order chi connectivity index (χ0) is 14.6. The first-order chi connectivity index (χ1) is 8.74. The van der Waals surface area contributed by atoms with Crippen LogP contribution in [-0.2, 0) is 0 Å². The van der Waals surface area contributed by atoms with E-state index in [1.54, 1.807) is 0 Å². The Bertz CT molecular complexity index is 462. The normalized spacial score (nSPS) is 12.9. The molecule has 0 aromatic heterocycles. The number of carbonyl (C=O) groups excluding carboxylic acids is 1. The monoisotopic (exact) mass is 279 g/mol. The highest BCUT2D eigenvalue weighted by molar-refractivity contribution is 5.99. The number of nitrogens with one attached hydrogen (secondary N) is 2. The lowest BCUT2D eigenvalue weighted by Crippen LogP contribution is -2.36. The first-order valence-electron chi connectivity index (χ1n) is 5.37. The van der Waals surface area contributed by atoms with Gasteiger partial charge in [0.05, 0.1) is 17.7 Å². The molecule has 0 aliphatic carbocycles. The summed E-state index contributed by atoms with van der Waals surface area (Å²) in [5.74, 6) is 3.48. The smallest absolute Gasteiger partial charge is 0.349 e. The fourth-order valence-corrected chi connectivity index (χ4v) is 1.56. The van der Waals surface area contributed by atoms with E-state index in [1.165, 1.54) is 19.1 Å². The predicted molar refractivity (Wildman–Crippen MR) is 61.8 cm³/mol. The van der Waals surface area contributed by atoms with Crippen LogP contribution < -0.4 is 16.6 Å². The molecule has 0 saturated heterocycles. The van der Waals surface area contributed by atoms with Crippen molar-refractivity contribution in [2.45, 2.75) is 25.6 Å². The molecule has 0 aliphatic heterocycles. The van der Waals surface area contributed by atoms with Crippen LogP contribution in [0, 0.1) is 5.82 Å². The summed E-state index contributed by atoms with van der Waals surface area (Å²) in [6.45, 7) is 1.21. The molecule has 19 heavy (non-hydrogen) atoms. The minimum absolute atomic E-state index is 0.156. The van der Waals surface area contributed by atoms with Crippen LogP contribution in [0.5, 0.6) is 0 Å². The molecule has 1 amide bonds. The zero-order valence-electron chi connectivity index (χ0n) is 10.0. The van der Waals surface area contributed by atoms with Crippen LogP contribution in [0.3, 0.4) is 0 Å². The molecule has 1 unspecified atom stereocenters. The lowest BCUT2D eigenvalue weighted by Gasteiger charge is -2.17. The molecule has 106 valence electrons. The van der Waals surface area contributed by atoms with Gasteiger partial charge in [0.25, 0.3) is 5.91 Å². The molecule has 1 aromatic rings. The molecule has 4 N–H and O–H groups in total. The second-order valence-corrected chi connectivity index (χ2v) is 4.00. The quantitative estimate of drug-likeness (QED) is 0.449. The number of rotatable bonds is 4. The van der Waals surface area contributed by atoms with Gasteiger partial charge in [-0.3, -0.25) is 10.6 Å². The fourth-order valence-electron chi connectivity index (χ4n) is 1.56. The lowest BCUT2D eigenvalue weighted by atomic mass is 10.1. The molecule has 8 heteroatoms. The van der Waals surface area contributed by atoms with E-state index in [4.69, 9.17) is 5.84 Å². The summed E-state index contributed by atoms with van der Waals surface area (Å²) in [7, 11) is 0. The zero-order valence-corrected chi connectivity index (χ0v) is 10.0. The van der Waals surface area contributed by atoms with E-state index >= 15 is 0 Å². The van der Waals surface area contributed by atoms with Gasteiger partial charge in [0, 0.05) is 6.04 Å². The lowest BCUT2D eigenvalue weighted by molar-refractivity contribution is -0.138. The fraction of sp³-hybridized carbons (Fsp3) is 0.364. The van der Waals surface area contributed by atoms with Crippen molar-refractivity contribution in [2.24, 2.45) is 5.84 Å². The van der Waals surface area contributed by atoms with Crippen molar-refractivity contribution in [3.05, 3.63) is 29.6 Å². The summed E-state index contributed by atoms with van der Waals surface area (Å²) in [5, 5.41) is 2.13. The van der Waals surface area contributed by atoms with E-state index in [9.17, 15) is 22.4 Å². The summed E-state index contributed by atoms with van der Waals surface area (Å²) < 4.78 is 49.7. The number of para-hydroxylation sites is 1. The van der Waals surface area contributed by atoms with Crippen molar-refractivity contribution in [3.8, 4) is 0 Å². The molecule has 1 rings (SSSR count). The first-order valence-corrected chi connectivity index (χ1v) is 5.37. The highest BCUT2D eigenvalue weighted by Gasteiger charge is 2.31. The summed E-state index contributed by atoms with van der Waals surface area (Å²) >= 11 is 0. The van der Waals surface area contributed by atoms with Crippen molar-refractivity contribution < 1.29 is 22.4 Å². The van der Waals surface area contributed by atoms with E-state index in [-0.39, 0.29) is 11.3 Å². The molecular weight excluding hydrogens is 266 g/mol. The average Bonchev–Trinajstić information content (AvgIpc) is 2.25. The van der Waals surface area contributed by atoms with Gasteiger partial charge in [-0.1, -0.05) is 6.07 Å².